The molecule has 0 saturated heterocycles. The number of carbonyl (C=O) groups is 1. The SMILES string of the molecule is Cc1ccc(S(=O)(=O)O)cc1.O=C(C(=NO)c1ccccc1)c1ccccc1. The second-order valence-electron chi connectivity index (χ2n) is 5.80. The van der Waals surface area contributed by atoms with Crippen LogP contribution in [0.3, 0.4) is 0 Å². The lowest BCUT2D eigenvalue weighted by Gasteiger charge is -2.03. The maximum atomic E-state index is 12.1. The lowest BCUT2D eigenvalue weighted by Crippen LogP contribution is -2.15. The first-order valence-corrected chi connectivity index (χ1v) is 9.68. The number of carbonyl (C=O) groups excluding carboxylic acids is 1. The average molecular weight is 397 g/mol. The molecule has 0 bridgehead atoms. The van der Waals surface area contributed by atoms with E-state index < -0.39 is 10.1 Å². The normalized spacial score (nSPS) is 11.3. The van der Waals surface area contributed by atoms with Gasteiger partial charge in [-0.3, -0.25) is 9.35 Å². The van der Waals surface area contributed by atoms with Crippen molar-refractivity contribution in [3.63, 3.8) is 0 Å². The van der Waals surface area contributed by atoms with E-state index in [4.69, 9.17) is 9.76 Å². The minimum atomic E-state index is -4.02. The Morgan fingerprint density at radius 3 is 1.68 bits per heavy atom. The van der Waals surface area contributed by atoms with E-state index in [1.807, 2.05) is 19.1 Å². The van der Waals surface area contributed by atoms with Crippen LogP contribution in [0.25, 0.3) is 0 Å². The van der Waals surface area contributed by atoms with Crippen LogP contribution in [0.5, 0.6) is 0 Å². The number of Topliss-reactive ketones (excluding diaryl/α,β-unsaturated/α-hetero) is 1. The molecule has 0 radical (unpaired) electrons. The highest BCUT2D eigenvalue weighted by Gasteiger charge is 2.16. The predicted octanol–water partition coefficient (Wildman–Crippen LogP) is 3.99. The predicted molar refractivity (Wildman–Crippen MR) is 107 cm³/mol. The third kappa shape index (κ3) is 5.87. The van der Waals surface area contributed by atoms with E-state index in [0.717, 1.165) is 5.56 Å². The zero-order valence-corrected chi connectivity index (χ0v) is 15.9. The van der Waals surface area contributed by atoms with E-state index in [2.05, 4.69) is 5.16 Å². The Balaban J connectivity index is 0.000000221. The largest absolute Gasteiger partial charge is 0.410 e. The number of hydrogen-bond acceptors (Lipinski definition) is 5. The number of aryl methyl sites for hydroxylation is 1. The smallest absolute Gasteiger partial charge is 0.294 e. The Morgan fingerprint density at radius 2 is 1.25 bits per heavy atom. The van der Waals surface area contributed by atoms with Crippen molar-refractivity contribution in [3.8, 4) is 0 Å². The lowest BCUT2D eigenvalue weighted by atomic mass is 10.0. The van der Waals surface area contributed by atoms with Gasteiger partial charge in [0.1, 0.15) is 0 Å². The molecular formula is C21H19NO5S. The second-order valence-corrected chi connectivity index (χ2v) is 7.22. The number of nitrogens with zero attached hydrogens (tertiary/aromatic N) is 1. The van der Waals surface area contributed by atoms with Crippen LogP contribution in [-0.4, -0.2) is 29.7 Å². The molecule has 28 heavy (non-hydrogen) atoms. The Labute approximate surface area is 163 Å². The van der Waals surface area contributed by atoms with E-state index in [1.54, 1.807) is 60.7 Å². The van der Waals surface area contributed by atoms with Crippen LogP contribution < -0.4 is 0 Å². The van der Waals surface area contributed by atoms with E-state index in [1.165, 1.54) is 12.1 Å². The molecule has 3 rings (SSSR count). The Hall–Kier alpha value is -3.29. The van der Waals surface area contributed by atoms with Crippen LogP contribution >= 0.6 is 0 Å². The summed E-state index contributed by atoms with van der Waals surface area (Å²) in [6.45, 7) is 1.84. The van der Waals surface area contributed by atoms with Crippen LogP contribution in [0.15, 0.2) is 95.0 Å². The van der Waals surface area contributed by atoms with Gasteiger partial charge in [0, 0.05) is 11.1 Å². The molecule has 0 aromatic heterocycles. The molecule has 0 aliphatic heterocycles. The van der Waals surface area contributed by atoms with Crippen molar-refractivity contribution in [2.24, 2.45) is 5.16 Å². The van der Waals surface area contributed by atoms with Gasteiger partial charge >= 0.3 is 0 Å². The molecule has 0 unspecified atom stereocenters. The summed E-state index contributed by atoms with van der Waals surface area (Å²) in [6.07, 6.45) is 0. The standard InChI is InChI=1S/C14H11NO2.C7H8O3S/c16-14(12-9-5-2-6-10-12)13(15-17)11-7-3-1-4-8-11;1-6-2-4-7(5-3-6)11(8,9)10/h1-10,17H;2-5H,1H3,(H,8,9,10). The molecule has 0 amide bonds. The van der Waals surface area contributed by atoms with Crippen LogP contribution in [0.2, 0.25) is 0 Å². The van der Waals surface area contributed by atoms with Crippen LogP contribution in [-0.2, 0) is 10.1 Å². The van der Waals surface area contributed by atoms with E-state index in [-0.39, 0.29) is 16.4 Å². The molecule has 0 saturated carbocycles. The highest BCUT2D eigenvalue weighted by Crippen LogP contribution is 2.09. The molecule has 0 fully saturated rings. The number of oxime groups is 1. The summed E-state index contributed by atoms with van der Waals surface area (Å²) in [5.41, 5.74) is 2.11. The van der Waals surface area contributed by atoms with E-state index >= 15 is 0 Å². The quantitative estimate of drug-likeness (QED) is 0.228. The molecule has 0 aliphatic rings. The number of rotatable bonds is 4. The van der Waals surface area contributed by atoms with Crippen molar-refractivity contribution in [1.82, 2.24) is 0 Å². The van der Waals surface area contributed by atoms with Crippen molar-refractivity contribution in [3.05, 3.63) is 102 Å². The summed E-state index contributed by atoms with van der Waals surface area (Å²) in [5, 5.41) is 12.1. The summed E-state index contributed by atoms with van der Waals surface area (Å²) in [6, 6.07) is 23.6. The molecule has 0 heterocycles. The monoisotopic (exact) mass is 397 g/mol. The Morgan fingerprint density at radius 1 is 0.786 bits per heavy atom. The number of ketones is 1. The van der Waals surface area contributed by atoms with Gasteiger partial charge in [0.05, 0.1) is 4.90 Å². The van der Waals surface area contributed by atoms with E-state index in [9.17, 15) is 13.2 Å². The number of hydrogen-bond donors (Lipinski definition) is 2. The van der Waals surface area contributed by atoms with Gasteiger partial charge in [-0.1, -0.05) is 83.5 Å². The zero-order chi connectivity index (χ0) is 20.6. The van der Waals surface area contributed by atoms with E-state index in [0.29, 0.717) is 11.1 Å². The van der Waals surface area contributed by atoms with Crippen molar-refractivity contribution < 1.29 is 23.0 Å². The van der Waals surface area contributed by atoms with Gasteiger partial charge in [0.15, 0.2) is 5.71 Å². The first-order valence-electron chi connectivity index (χ1n) is 8.24. The minimum absolute atomic E-state index is 0.0526. The van der Waals surface area contributed by atoms with Crippen molar-refractivity contribution in [1.29, 1.82) is 0 Å². The van der Waals surface area contributed by atoms with Gasteiger partial charge in [0.2, 0.25) is 5.78 Å². The molecule has 7 heteroatoms. The molecule has 144 valence electrons. The topological polar surface area (TPSA) is 104 Å². The first-order chi connectivity index (χ1) is 13.3. The van der Waals surface area contributed by atoms with Crippen molar-refractivity contribution in [2.75, 3.05) is 0 Å². The third-order valence-electron chi connectivity index (χ3n) is 3.72. The van der Waals surface area contributed by atoms with Crippen molar-refractivity contribution in [2.45, 2.75) is 11.8 Å². The fraction of sp³-hybridized carbons (Fsp3) is 0.0476. The molecule has 0 spiro atoms. The third-order valence-corrected chi connectivity index (χ3v) is 4.59. The fourth-order valence-electron chi connectivity index (χ4n) is 2.27. The Kier molecular flexibility index (Phi) is 7.20. The summed E-state index contributed by atoms with van der Waals surface area (Å²) in [5.74, 6) is -0.292. The van der Waals surface area contributed by atoms with Gasteiger partial charge in [-0.2, -0.15) is 8.42 Å². The first kappa shape index (κ1) is 21.0. The summed E-state index contributed by atoms with van der Waals surface area (Å²) in [7, 11) is -4.02. The highest BCUT2D eigenvalue weighted by atomic mass is 32.2. The van der Waals surface area contributed by atoms with Crippen molar-refractivity contribution >= 4 is 21.6 Å². The number of benzene rings is 3. The molecule has 0 atom stereocenters. The Bertz CT molecular complexity index is 1040. The van der Waals surface area contributed by atoms with Crippen LogP contribution in [0, 0.1) is 6.92 Å². The fourth-order valence-corrected chi connectivity index (χ4v) is 2.75. The molecule has 3 aromatic carbocycles. The lowest BCUT2D eigenvalue weighted by molar-refractivity contribution is 0.106. The highest BCUT2D eigenvalue weighted by molar-refractivity contribution is 7.85. The second kappa shape index (κ2) is 9.59. The summed E-state index contributed by atoms with van der Waals surface area (Å²) in [4.78, 5) is 12.0. The summed E-state index contributed by atoms with van der Waals surface area (Å²) < 4.78 is 29.6. The molecule has 6 nitrogen and oxygen atoms in total. The average Bonchev–Trinajstić information content (AvgIpc) is 2.70. The summed E-state index contributed by atoms with van der Waals surface area (Å²) >= 11 is 0. The van der Waals surface area contributed by atoms with Gasteiger partial charge in [0.25, 0.3) is 10.1 Å². The molecule has 3 aromatic rings. The minimum Gasteiger partial charge on any atom is -0.410 e. The van der Waals surface area contributed by atoms with Gasteiger partial charge in [-0.25, -0.2) is 0 Å². The zero-order valence-electron chi connectivity index (χ0n) is 15.1. The maximum absolute atomic E-state index is 12.1. The van der Waals surface area contributed by atoms with Gasteiger partial charge in [-0.15, -0.1) is 0 Å². The van der Waals surface area contributed by atoms with Gasteiger partial charge in [-0.05, 0) is 19.1 Å². The maximum Gasteiger partial charge on any atom is 0.294 e. The van der Waals surface area contributed by atoms with Gasteiger partial charge < -0.3 is 5.21 Å². The van der Waals surface area contributed by atoms with Crippen LogP contribution in [0.4, 0.5) is 0 Å². The molecular weight excluding hydrogens is 378 g/mol. The molecule has 2 N–H and O–H groups in total. The molecule has 0 aliphatic carbocycles. The van der Waals surface area contributed by atoms with Crippen LogP contribution in [0.1, 0.15) is 21.5 Å².